The number of halogens is 2. The van der Waals surface area contributed by atoms with Gasteiger partial charge >= 0.3 is 0 Å². The second-order valence-electron chi connectivity index (χ2n) is 6.86. The van der Waals surface area contributed by atoms with E-state index in [9.17, 15) is 9.59 Å². The summed E-state index contributed by atoms with van der Waals surface area (Å²) in [5.74, 6) is 0.0599. The summed E-state index contributed by atoms with van der Waals surface area (Å²) in [6.45, 7) is 0.705. The zero-order valence-corrected chi connectivity index (χ0v) is 16.4. The van der Waals surface area contributed by atoms with Crippen molar-refractivity contribution in [3.63, 3.8) is 0 Å². The minimum absolute atomic E-state index is 0.0494. The molecule has 1 N–H and O–H groups in total. The van der Waals surface area contributed by atoms with E-state index in [4.69, 9.17) is 11.6 Å². The SMILES string of the molecule is O=C1CCCN1c1ccc(Cl)c(NC(=O)C2(c3ccc(Br)cc3)CC2)c1. The van der Waals surface area contributed by atoms with Crippen LogP contribution in [-0.4, -0.2) is 18.4 Å². The molecule has 0 spiro atoms. The molecule has 4 nitrogen and oxygen atoms in total. The summed E-state index contributed by atoms with van der Waals surface area (Å²) in [6, 6.07) is 13.2. The van der Waals surface area contributed by atoms with Gasteiger partial charge in [0.2, 0.25) is 11.8 Å². The quantitative estimate of drug-likeness (QED) is 0.745. The normalized spacial score (nSPS) is 18.1. The fourth-order valence-corrected chi connectivity index (χ4v) is 3.91. The van der Waals surface area contributed by atoms with E-state index in [0.717, 1.165) is 35.0 Å². The molecule has 0 bridgehead atoms. The van der Waals surface area contributed by atoms with Gasteiger partial charge in [0, 0.05) is 23.1 Å². The van der Waals surface area contributed by atoms with Crippen LogP contribution in [0.2, 0.25) is 5.02 Å². The third-order valence-corrected chi connectivity index (χ3v) is 6.02. The molecule has 26 heavy (non-hydrogen) atoms. The molecule has 1 saturated heterocycles. The van der Waals surface area contributed by atoms with E-state index in [1.165, 1.54) is 0 Å². The second-order valence-corrected chi connectivity index (χ2v) is 8.18. The number of anilines is 2. The number of nitrogens with zero attached hydrogens (tertiary/aromatic N) is 1. The van der Waals surface area contributed by atoms with Crippen molar-refractivity contribution < 1.29 is 9.59 Å². The highest BCUT2D eigenvalue weighted by atomic mass is 79.9. The van der Waals surface area contributed by atoms with Gasteiger partial charge in [-0.05, 0) is 55.2 Å². The summed E-state index contributed by atoms with van der Waals surface area (Å²) in [6.07, 6.45) is 3.07. The Balaban J connectivity index is 1.58. The second kappa shape index (κ2) is 6.71. The summed E-state index contributed by atoms with van der Waals surface area (Å²) in [7, 11) is 0. The average Bonchev–Trinajstić information content (AvgIpc) is 3.33. The van der Waals surface area contributed by atoms with Crippen LogP contribution >= 0.6 is 27.5 Å². The summed E-state index contributed by atoms with van der Waals surface area (Å²) in [5, 5.41) is 3.46. The van der Waals surface area contributed by atoms with Gasteiger partial charge in [-0.1, -0.05) is 39.7 Å². The maximum Gasteiger partial charge on any atom is 0.235 e. The molecule has 1 aliphatic heterocycles. The largest absolute Gasteiger partial charge is 0.324 e. The van der Waals surface area contributed by atoms with E-state index in [1.54, 1.807) is 17.0 Å². The average molecular weight is 434 g/mol. The van der Waals surface area contributed by atoms with Crippen molar-refractivity contribution in [2.75, 3.05) is 16.8 Å². The van der Waals surface area contributed by atoms with E-state index in [1.807, 2.05) is 30.3 Å². The van der Waals surface area contributed by atoms with Crippen LogP contribution in [-0.2, 0) is 15.0 Å². The molecule has 2 aromatic carbocycles. The standard InChI is InChI=1S/C20H18BrClN2O2/c21-14-5-3-13(4-6-14)20(9-10-20)19(26)23-17-12-15(7-8-16(17)22)24-11-1-2-18(24)25/h3-8,12H,1-2,9-11H2,(H,23,26). The summed E-state index contributed by atoms with van der Waals surface area (Å²) < 4.78 is 0.989. The van der Waals surface area contributed by atoms with Crippen molar-refractivity contribution in [1.82, 2.24) is 0 Å². The molecule has 2 aromatic rings. The van der Waals surface area contributed by atoms with E-state index in [2.05, 4.69) is 21.2 Å². The Hall–Kier alpha value is -1.85. The van der Waals surface area contributed by atoms with Gasteiger partial charge in [0.15, 0.2) is 0 Å². The van der Waals surface area contributed by atoms with Crippen LogP contribution in [0.5, 0.6) is 0 Å². The van der Waals surface area contributed by atoms with Crippen molar-refractivity contribution in [3.05, 3.63) is 57.5 Å². The minimum atomic E-state index is -0.483. The first-order valence-corrected chi connectivity index (χ1v) is 9.84. The maximum absolute atomic E-state index is 13.0. The molecule has 0 unspecified atom stereocenters. The molecule has 0 radical (unpaired) electrons. The fourth-order valence-electron chi connectivity index (χ4n) is 3.48. The van der Waals surface area contributed by atoms with Gasteiger partial charge in [0.25, 0.3) is 0 Å². The summed E-state index contributed by atoms with van der Waals surface area (Å²) in [5.41, 5.74) is 1.86. The molecule has 0 aromatic heterocycles. The molecule has 1 aliphatic carbocycles. The van der Waals surface area contributed by atoms with Gasteiger partial charge in [0.05, 0.1) is 16.1 Å². The first kappa shape index (κ1) is 17.6. The number of hydrogen-bond acceptors (Lipinski definition) is 2. The smallest absolute Gasteiger partial charge is 0.235 e. The van der Waals surface area contributed by atoms with Crippen molar-refractivity contribution in [1.29, 1.82) is 0 Å². The molecular formula is C20H18BrClN2O2. The lowest BCUT2D eigenvalue weighted by Crippen LogP contribution is -2.28. The minimum Gasteiger partial charge on any atom is -0.324 e. The zero-order chi connectivity index (χ0) is 18.3. The molecule has 1 saturated carbocycles. The lowest BCUT2D eigenvalue weighted by atomic mass is 9.95. The summed E-state index contributed by atoms with van der Waals surface area (Å²) in [4.78, 5) is 26.7. The van der Waals surface area contributed by atoms with Crippen molar-refractivity contribution in [2.24, 2.45) is 0 Å². The molecule has 1 heterocycles. The Morgan fingerprint density at radius 2 is 1.88 bits per heavy atom. The Kier molecular flexibility index (Phi) is 4.53. The predicted octanol–water partition coefficient (Wildman–Crippen LogP) is 4.90. The molecule has 2 fully saturated rings. The molecule has 6 heteroatoms. The Labute approximate surface area is 165 Å². The Morgan fingerprint density at radius 3 is 2.50 bits per heavy atom. The van der Waals surface area contributed by atoms with Crippen molar-refractivity contribution in [2.45, 2.75) is 31.1 Å². The first-order chi connectivity index (χ1) is 12.5. The van der Waals surface area contributed by atoms with Crippen molar-refractivity contribution >= 4 is 50.7 Å². The number of amides is 2. The van der Waals surface area contributed by atoms with Gasteiger partial charge in [0.1, 0.15) is 0 Å². The summed E-state index contributed by atoms with van der Waals surface area (Å²) >= 11 is 9.72. The highest BCUT2D eigenvalue weighted by Crippen LogP contribution is 2.49. The number of hydrogen-bond donors (Lipinski definition) is 1. The van der Waals surface area contributed by atoms with Crippen LogP contribution in [0.25, 0.3) is 0 Å². The number of nitrogens with one attached hydrogen (secondary N) is 1. The van der Waals surface area contributed by atoms with Gasteiger partial charge < -0.3 is 10.2 Å². The highest BCUT2D eigenvalue weighted by Gasteiger charge is 2.51. The third-order valence-electron chi connectivity index (χ3n) is 5.16. The lowest BCUT2D eigenvalue weighted by molar-refractivity contribution is -0.118. The van der Waals surface area contributed by atoms with Crippen LogP contribution in [0.15, 0.2) is 46.9 Å². The van der Waals surface area contributed by atoms with Crippen LogP contribution in [0, 0.1) is 0 Å². The zero-order valence-electron chi connectivity index (χ0n) is 14.1. The predicted molar refractivity (Wildman–Crippen MR) is 107 cm³/mol. The molecule has 134 valence electrons. The molecule has 2 aliphatic rings. The third kappa shape index (κ3) is 3.14. The Bertz CT molecular complexity index is 878. The first-order valence-electron chi connectivity index (χ1n) is 8.67. The number of carbonyl (C=O) groups excluding carboxylic acids is 2. The van der Waals surface area contributed by atoms with Gasteiger partial charge in [-0.15, -0.1) is 0 Å². The van der Waals surface area contributed by atoms with Crippen molar-refractivity contribution in [3.8, 4) is 0 Å². The molecular weight excluding hydrogens is 416 g/mol. The molecule has 0 atom stereocenters. The van der Waals surface area contributed by atoms with E-state index >= 15 is 0 Å². The monoisotopic (exact) mass is 432 g/mol. The van der Waals surface area contributed by atoms with E-state index < -0.39 is 5.41 Å². The number of carbonyl (C=O) groups is 2. The van der Waals surface area contributed by atoms with Gasteiger partial charge in [-0.25, -0.2) is 0 Å². The highest BCUT2D eigenvalue weighted by molar-refractivity contribution is 9.10. The maximum atomic E-state index is 13.0. The van der Waals surface area contributed by atoms with E-state index in [0.29, 0.717) is 23.7 Å². The van der Waals surface area contributed by atoms with Crippen LogP contribution in [0.1, 0.15) is 31.2 Å². The molecule has 4 rings (SSSR count). The fraction of sp³-hybridized carbons (Fsp3) is 0.300. The van der Waals surface area contributed by atoms with Crippen LogP contribution in [0.3, 0.4) is 0 Å². The van der Waals surface area contributed by atoms with Crippen LogP contribution < -0.4 is 10.2 Å². The number of rotatable bonds is 4. The Morgan fingerprint density at radius 1 is 1.15 bits per heavy atom. The lowest BCUT2D eigenvalue weighted by Gasteiger charge is -2.20. The van der Waals surface area contributed by atoms with Gasteiger partial charge in [-0.2, -0.15) is 0 Å². The molecule has 2 amide bonds. The topological polar surface area (TPSA) is 49.4 Å². The van der Waals surface area contributed by atoms with E-state index in [-0.39, 0.29) is 11.8 Å². The van der Waals surface area contributed by atoms with Crippen LogP contribution in [0.4, 0.5) is 11.4 Å². The number of benzene rings is 2. The van der Waals surface area contributed by atoms with Gasteiger partial charge in [-0.3, -0.25) is 9.59 Å².